The third kappa shape index (κ3) is 3.42. The monoisotopic (exact) mass is 323 g/mol. The zero-order chi connectivity index (χ0) is 17.1. The smallest absolute Gasteiger partial charge is 0.143 e. The first-order valence-corrected chi connectivity index (χ1v) is 8.74. The molecule has 0 saturated heterocycles. The molecule has 0 amide bonds. The molecule has 24 heavy (non-hydrogen) atoms. The standard InChI is InChI=1S/C20H25N3O/c1-4-14(2)9-10-15(3)16-11-12-20(24)19(13-16)23-21-17-7-5-6-8-18(17)22-23/h5-8,11-15,24H,4,9-10H2,1-3H3. The fourth-order valence-corrected chi connectivity index (χ4v) is 2.88. The second kappa shape index (κ2) is 7.04. The van der Waals surface area contributed by atoms with Crippen LogP contribution in [0.1, 0.15) is 51.5 Å². The number of benzene rings is 2. The second-order valence-electron chi connectivity index (χ2n) is 6.72. The van der Waals surface area contributed by atoms with Gasteiger partial charge in [-0.15, -0.1) is 15.0 Å². The Labute approximate surface area is 143 Å². The molecule has 4 heteroatoms. The molecule has 0 radical (unpaired) electrons. The van der Waals surface area contributed by atoms with Gasteiger partial charge in [-0.1, -0.05) is 51.8 Å². The molecule has 2 atom stereocenters. The van der Waals surface area contributed by atoms with Crippen molar-refractivity contribution < 1.29 is 5.11 Å². The predicted molar refractivity (Wildman–Crippen MR) is 97.6 cm³/mol. The average Bonchev–Trinajstić information content (AvgIpc) is 3.03. The van der Waals surface area contributed by atoms with Gasteiger partial charge < -0.3 is 5.11 Å². The Morgan fingerprint density at radius 1 is 1.00 bits per heavy atom. The quantitative estimate of drug-likeness (QED) is 0.690. The van der Waals surface area contributed by atoms with Crippen LogP contribution in [-0.2, 0) is 0 Å². The Morgan fingerprint density at radius 2 is 1.67 bits per heavy atom. The van der Waals surface area contributed by atoms with E-state index in [-0.39, 0.29) is 5.75 Å². The molecule has 0 aliphatic rings. The number of nitrogens with zero attached hydrogens (tertiary/aromatic N) is 3. The second-order valence-corrected chi connectivity index (χ2v) is 6.72. The summed E-state index contributed by atoms with van der Waals surface area (Å²) in [5, 5.41) is 19.2. The van der Waals surface area contributed by atoms with Gasteiger partial charge in [-0.05, 0) is 48.1 Å². The number of hydrogen-bond donors (Lipinski definition) is 1. The van der Waals surface area contributed by atoms with E-state index in [0.717, 1.165) is 23.4 Å². The number of aromatic nitrogens is 3. The lowest BCUT2D eigenvalue weighted by Crippen LogP contribution is -2.03. The van der Waals surface area contributed by atoms with E-state index < -0.39 is 0 Å². The summed E-state index contributed by atoms with van der Waals surface area (Å²) in [6.07, 6.45) is 3.59. The molecule has 3 rings (SSSR count). The van der Waals surface area contributed by atoms with Crippen molar-refractivity contribution in [3.63, 3.8) is 0 Å². The highest BCUT2D eigenvalue weighted by Crippen LogP contribution is 2.29. The summed E-state index contributed by atoms with van der Waals surface area (Å²) in [4.78, 5) is 1.53. The lowest BCUT2D eigenvalue weighted by molar-refractivity contribution is 0.462. The van der Waals surface area contributed by atoms with E-state index in [9.17, 15) is 5.11 Å². The molecular weight excluding hydrogens is 298 g/mol. The maximum absolute atomic E-state index is 10.3. The van der Waals surface area contributed by atoms with Crippen LogP contribution in [0.15, 0.2) is 42.5 Å². The van der Waals surface area contributed by atoms with Crippen molar-refractivity contribution in [2.24, 2.45) is 5.92 Å². The van der Waals surface area contributed by atoms with Crippen molar-refractivity contribution >= 4 is 11.0 Å². The highest BCUT2D eigenvalue weighted by Gasteiger charge is 2.13. The minimum atomic E-state index is 0.202. The fourth-order valence-electron chi connectivity index (χ4n) is 2.88. The SMILES string of the molecule is CCC(C)CCC(C)c1ccc(O)c(-n2nc3ccccc3n2)c1. The Balaban J connectivity index is 1.88. The first kappa shape index (κ1) is 16.5. The van der Waals surface area contributed by atoms with Gasteiger partial charge >= 0.3 is 0 Å². The number of phenols is 1. The number of phenolic OH excluding ortho intramolecular Hbond substituents is 1. The predicted octanol–water partition coefficient (Wildman–Crippen LogP) is 5.06. The summed E-state index contributed by atoms with van der Waals surface area (Å²) in [5.41, 5.74) is 3.51. The maximum atomic E-state index is 10.3. The first-order chi connectivity index (χ1) is 11.6. The molecule has 0 saturated carbocycles. The third-order valence-electron chi connectivity index (χ3n) is 4.86. The lowest BCUT2D eigenvalue weighted by atomic mass is 9.91. The van der Waals surface area contributed by atoms with Gasteiger partial charge in [0.2, 0.25) is 0 Å². The Morgan fingerprint density at radius 3 is 2.29 bits per heavy atom. The van der Waals surface area contributed by atoms with Crippen LogP contribution >= 0.6 is 0 Å². The molecule has 4 nitrogen and oxygen atoms in total. The molecule has 2 unspecified atom stereocenters. The molecule has 3 aromatic rings. The minimum Gasteiger partial charge on any atom is -0.506 e. The summed E-state index contributed by atoms with van der Waals surface area (Å²) < 4.78 is 0. The van der Waals surface area contributed by atoms with Gasteiger partial charge in [-0.25, -0.2) is 0 Å². The van der Waals surface area contributed by atoms with Crippen LogP contribution in [0, 0.1) is 5.92 Å². The molecule has 0 fully saturated rings. The van der Waals surface area contributed by atoms with Crippen LogP contribution in [0.3, 0.4) is 0 Å². The molecule has 0 aliphatic carbocycles. The van der Waals surface area contributed by atoms with E-state index in [2.05, 4.69) is 31.0 Å². The Bertz CT molecular complexity index is 792. The van der Waals surface area contributed by atoms with E-state index in [1.807, 2.05) is 36.4 Å². The fraction of sp³-hybridized carbons (Fsp3) is 0.400. The van der Waals surface area contributed by atoms with Crippen LogP contribution in [0.25, 0.3) is 16.7 Å². The van der Waals surface area contributed by atoms with E-state index in [0.29, 0.717) is 11.6 Å². The normalized spacial score (nSPS) is 14.0. The zero-order valence-electron chi connectivity index (χ0n) is 14.6. The Hall–Kier alpha value is -2.36. The third-order valence-corrected chi connectivity index (χ3v) is 4.86. The van der Waals surface area contributed by atoms with Crippen molar-refractivity contribution in [3.8, 4) is 11.4 Å². The van der Waals surface area contributed by atoms with Crippen molar-refractivity contribution in [2.75, 3.05) is 0 Å². The highest BCUT2D eigenvalue weighted by molar-refractivity contribution is 5.73. The lowest BCUT2D eigenvalue weighted by Gasteiger charge is -2.16. The van der Waals surface area contributed by atoms with E-state index in [1.54, 1.807) is 6.07 Å². The molecule has 126 valence electrons. The van der Waals surface area contributed by atoms with E-state index in [4.69, 9.17) is 0 Å². The van der Waals surface area contributed by atoms with Crippen LogP contribution < -0.4 is 0 Å². The van der Waals surface area contributed by atoms with Crippen LogP contribution in [0.4, 0.5) is 0 Å². The molecule has 0 aliphatic heterocycles. The molecule has 0 bridgehead atoms. The topological polar surface area (TPSA) is 50.9 Å². The Kier molecular flexibility index (Phi) is 4.84. The van der Waals surface area contributed by atoms with Crippen molar-refractivity contribution in [1.29, 1.82) is 0 Å². The summed E-state index contributed by atoms with van der Waals surface area (Å²) in [6.45, 7) is 6.78. The van der Waals surface area contributed by atoms with Crippen LogP contribution in [0.2, 0.25) is 0 Å². The molecular formula is C20H25N3O. The van der Waals surface area contributed by atoms with Gasteiger partial charge in [0.25, 0.3) is 0 Å². The summed E-state index contributed by atoms with van der Waals surface area (Å²) in [7, 11) is 0. The van der Waals surface area contributed by atoms with Crippen molar-refractivity contribution in [3.05, 3.63) is 48.0 Å². The number of fused-ring (bicyclic) bond motifs is 1. The largest absolute Gasteiger partial charge is 0.506 e. The van der Waals surface area contributed by atoms with E-state index in [1.165, 1.54) is 23.2 Å². The minimum absolute atomic E-state index is 0.202. The highest BCUT2D eigenvalue weighted by atomic mass is 16.3. The number of rotatable bonds is 6. The van der Waals surface area contributed by atoms with Crippen molar-refractivity contribution in [2.45, 2.75) is 46.0 Å². The molecule has 2 aromatic carbocycles. The number of aromatic hydroxyl groups is 1. The average molecular weight is 323 g/mol. The summed E-state index contributed by atoms with van der Waals surface area (Å²) in [5.74, 6) is 1.40. The summed E-state index contributed by atoms with van der Waals surface area (Å²) >= 11 is 0. The van der Waals surface area contributed by atoms with Crippen LogP contribution in [-0.4, -0.2) is 20.1 Å². The van der Waals surface area contributed by atoms with Crippen molar-refractivity contribution in [1.82, 2.24) is 15.0 Å². The first-order valence-electron chi connectivity index (χ1n) is 8.74. The van der Waals surface area contributed by atoms with Gasteiger partial charge in [0.05, 0.1) is 0 Å². The van der Waals surface area contributed by atoms with Gasteiger partial charge in [0.15, 0.2) is 0 Å². The maximum Gasteiger partial charge on any atom is 0.143 e. The van der Waals surface area contributed by atoms with Gasteiger partial charge in [-0.2, -0.15) is 0 Å². The van der Waals surface area contributed by atoms with Gasteiger partial charge in [-0.3, -0.25) is 0 Å². The van der Waals surface area contributed by atoms with E-state index >= 15 is 0 Å². The molecule has 1 aromatic heterocycles. The molecule has 1 heterocycles. The zero-order valence-corrected chi connectivity index (χ0v) is 14.6. The van der Waals surface area contributed by atoms with Gasteiger partial charge in [0, 0.05) is 0 Å². The number of hydrogen-bond acceptors (Lipinski definition) is 3. The summed E-state index contributed by atoms with van der Waals surface area (Å²) in [6, 6.07) is 13.5. The van der Waals surface area contributed by atoms with Crippen LogP contribution in [0.5, 0.6) is 5.75 Å². The molecule has 0 spiro atoms. The van der Waals surface area contributed by atoms with Gasteiger partial charge in [0.1, 0.15) is 22.5 Å². The molecule has 1 N–H and O–H groups in total.